The van der Waals surface area contributed by atoms with Crippen LogP contribution in [0.2, 0.25) is 5.02 Å². The van der Waals surface area contributed by atoms with Gasteiger partial charge in [-0.05, 0) is 12.8 Å². The van der Waals surface area contributed by atoms with E-state index >= 15 is 0 Å². The van der Waals surface area contributed by atoms with E-state index in [2.05, 4.69) is 10.4 Å². The molecule has 1 saturated carbocycles. The molecule has 9 nitrogen and oxygen atoms in total. The van der Waals surface area contributed by atoms with Crippen LogP contribution in [0.1, 0.15) is 32.1 Å². The predicted octanol–water partition coefficient (Wildman–Crippen LogP) is 1.86. The second kappa shape index (κ2) is 8.52. The molecule has 12 heteroatoms. The number of nitrogens with zero attached hydrogens (tertiary/aromatic N) is 3. The van der Waals surface area contributed by atoms with Crippen molar-refractivity contribution in [3.05, 3.63) is 21.6 Å². The van der Waals surface area contributed by atoms with Gasteiger partial charge in [0.15, 0.2) is 0 Å². The molecule has 2 fully saturated rings. The maximum atomic E-state index is 13.2. The minimum Gasteiger partial charge on any atom is -0.480 e. The highest BCUT2D eigenvalue weighted by Crippen LogP contribution is 2.33. The number of aromatic nitrogens is 2. The zero-order valence-electron chi connectivity index (χ0n) is 15.4. The van der Waals surface area contributed by atoms with Crippen LogP contribution in [0.3, 0.4) is 0 Å². The lowest BCUT2D eigenvalue weighted by Crippen LogP contribution is -2.42. The first-order valence-electron chi connectivity index (χ1n) is 9.22. The normalized spacial score (nSPS) is 21.8. The largest absolute Gasteiger partial charge is 0.480 e. The molecule has 2 N–H and O–H groups in total. The number of carbonyl (C=O) groups excluding carboxylic acids is 1. The van der Waals surface area contributed by atoms with E-state index < -0.39 is 36.2 Å². The minimum absolute atomic E-state index is 0.158. The summed E-state index contributed by atoms with van der Waals surface area (Å²) in [5, 5.41) is 15.1. The van der Waals surface area contributed by atoms with Crippen LogP contribution < -0.4 is 15.8 Å². The maximum absolute atomic E-state index is 13.2. The number of ether oxygens (including phenoxy) is 1. The Morgan fingerprint density at radius 2 is 2.03 bits per heavy atom. The number of nitrogens with one attached hydrogen (secondary N) is 1. The van der Waals surface area contributed by atoms with Crippen LogP contribution in [0.15, 0.2) is 11.0 Å². The Morgan fingerprint density at radius 1 is 1.34 bits per heavy atom. The average Bonchev–Trinajstić information content (AvgIpc) is 3.08. The van der Waals surface area contributed by atoms with Gasteiger partial charge in [0, 0.05) is 31.8 Å². The van der Waals surface area contributed by atoms with E-state index in [1.54, 1.807) is 4.90 Å². The third-order valence-corrected chi connectivity index (χ3v) is 5.41. The van der Waals surface area contributed by atoms with Gasteiger partial charge < -0.3 is 20.1 Å². The number of carboxylic acids is 1. The summed E-state index contributed by atoms with van der Waals surface area (Å²) in [5.41, 5.74) is -0.387. The number of carbonyl (C=O) groups is 2. The molecular formula is C17H21ClF2N4O5. The van der Waals surface area contributed by atoms with Gasteiger partial charge in [-0.3, -0.25) is 9.59 Å². The van der Waals surface area contributed by atoms with Crippen LogP contribution in [0.5, 0.6) is 0 Å². The molecule has 1 amide bonds. The SMILES string of the molecule is O=C(O)Cn1ncc(N2CCC(OC(=O)NC3CCC(F)(F)CC3)C2)c(Cl)c1=O. The first-order valence-corrected chi connectivity index (χ1v) is 9.60. The minimum atomic E-state index is -2.67. The zero-order valence-corrected chi connectivity index (χ0v) is 16.2. The van der Waals surface area contributed by atoms with Crippen molar-refractivity contribution in [3.63, 3.8) is 0 Å². The van der Waals surface area contributed by atoms with Crippen molar-refractivity contribution in [2.75, 3.05) is 18.0 Å². The van der Waals surface area contributed by atoms with Crippen molar-refractivity contribution in [1.82, 2.24) is 15.1 Å². The Bertz CT molecular complexity index is 840. The second-order valence-electron chi connectivity index (χ2n) is 7.24. The van der Waals surface area contributed by atoms with Crippen LogP contribution in [0, 0.1) is 0 Å². The predicted molar refractivity (Wildman–Crippen MR) is 98.6 cm³/mol. The number of hydrogen-bond acceptors (Lipinski definition) is 6. The average molecular weight is 435 g/mol. The summed E-state index contributed by atoms with van der Waals surface area (Å²) in [7, 11) is 0. The summed E-state index contributed by atoms with van der Waals surface area (Å²) in [6, 6.07) is -0.333. The van der Waals surface area contributed by atoms with E-state index in [4.69, 9.17) is 21.4 Å². The molecule has 29 heavy (non-hydrogen) atoms. The fourth-order valence-electron chi connectivity index (χ4n) is 3.50. The number of aliphatic carboxylic acids is 1. The molecule has 0 aromatic carbocycles. The Morgan fingerprint density at radius 3 is 2.69 bits per heavy atom. The number of alkyl carbamates (subject to hydrolysis) is 1. The molecule has 1 saturated heterocycles. The van der Waals surface area contributed by atoms with E-state index in [0.717, 1.165) is 4.68 Å². The highest BCUT2D eigenvalue weighted by molar-refractivity contribution is 6.33. The standard InChI is InChI=1S/C17H21ClF2N4O5/c18-14-12(7-21-24(15(14)27)9-13(25)26)23-6-3-11(8-23)29-16(28)22-10-1-4-17(19,20)5-2-10/h7,10-11H,1-6,8-9H2,(H,22,28)(H,25,26). The number of anilines is 1. The van der Waals surface area contributed by atoms with Crippen LogP contribution >= 0.6 is 11.6 Å². The highest BCUT2D eigenvalue weighted by Gasteiger charge is 2.36. The number of halogens is 3. The van der Waals surface area contributed by atoms with Gasteiger partial charge in [0.25, 0.3) is 5.56 Å². The monoisotopic (exact) mass is 434 g/mol. The molecule has 1 unspecified atom stereocenters. The summed E-state index contributed by atoms with van der Waals surface area (Å²) >= 11 is 6.08. The smallest absolute Gasteiger partial charge is 0.407 e. The molecule has 1 aliphatic heterocycles. The first-order chi connectivity index (χ1) is 13.6. The molecule has 0 radical (unpaired) electrons. The Balaban J connectivity index is 1.54. The molecule has 1 aliphatic carbocycles. The Labute approximate surface area is 169 Å². The van der Waals surface area contributed by atoms with Gasteiger partial charge in [-0.1, -0.05) is 11.6 Å². The molecule has 160 valence electrons. The molecule has 1 aromatic heterocycles. The summed E-state index contributed by atoms with van der Waals surface area (Å²) in [4.78, 5) is 36.7. The van der Waals surface area contributed by atoms with Crippen molar-refractivity contribution in [3.8, 4) is 0 Å². The maximum Gasteiger partial charge on any atom is 0.407 e. The van der Waals surface area contributed by atoms with Crippen molar-refractivity contribution in [2.24, 2.45) is 0 Å². The van der Waals surface area contributed by atoms with Gasteiger partial charge in [-0.2, -0.15) is 5.10 Å². The van der Waals surface area contributed by atoms with Crippen molar-refractivity contribution < 1.29 is 28.2 Å². The van der Waals surface area contributed by atoms with Gasteiger partial charge in [-0.25, -0.2) is 18.3 Å². The van der Waals surface area contributed by atoms with Crippen LogP contribution in [0.4, 0.5) is 19.3 Å². The number of hydrogen-bond donors (Lipinski definition) is 2. The molecule has 2 heterocycles. The van der Waals surface area contributed by atoms with Gasteiger partial charge in [-0.15, -0.1) is 0 Å². The van der Waals surface area contributed by atoms with Gasteiger partial charge >= 0.3 is 12.1 Å². The molecule has 3 rings (SSSR count). The molecule has 0 spiro atoms. The lowest BCUT2D eigenvalue weighted by atomic mass is 9.92. The number of alkyl halides is 2. The van der Waals surface area contributed by atoms with Gasteiger partial charge in [0.05, 0.1) is 18.4 Å². The summed E-state index contributed by atoms with van der Waals surface area (Å²) in [5.74, 6) is -3.88. The Hall–Kier alpha value is -2.43. The van der Waals surface area contributed by atoms with Crippen molar-refractivity contribution >= 4 is 29.4 Å². The van der Waals surface area contributed by atoms with E-state index in [1.165, 1.54) is 6.20 Å². The van der Waals surface area contributed by atoms with Gasteiger partial charge in [0.1, 0.15) is 17.7 Å². The number of amides is 1. The topological polar surface area (TPSA) is 114 Å². The van der Waals surface area contributed by atoms with Crippen LogP contribution in [0.25, 0.3) is 0 Å². The third kappa shape index (κ3) is 5.34. The van der Waals surface area contributed by atoms with Gasteiger partial charge in [0.2, 0.25) is 5.92 Å². The molecule has 1 aromatic rings. The van der Waals surface area contributed by atoms with Crippen LogP contribution in [-0.2, 0) is 16.1 Å². The fraction of sp³-hybridized carbons (Fsp3) is 0.647. The lowest BCUT2D eigenvalue weighted by Gasteiger charge is -2.28. The van der Waals surface area contributed by atoms with E-state index in [0.29, 0.717) is 18.7 Å². The molecule has 2 aliphatic rings. The van der Waals surface area contributed by atoms with Crippen molar-refractivity contribution in [1.29, 1.82) is 0 Å². The van der Waals surface area contributed by atoms with E-state index in [9.17, 15) is 23.2 Å². The van der Waals surface area contributed by atoms with Crippen molar-refractivity contribution in [2.45, 2.75) is 56.7 Å². The number of carboxylic acid groups (broad SMARTS) is 1. The fourth-order valence-corrected chi connectivity index (χ4v) is 3.76. The Kier molecular flexibility index (Phi) is 6.25. The van der Waals surface area contributed by atoms with E-state index in [1.807, 2.05) is 0 Å². The first kappa shape index (κ1) is 21.3. The summed E-state index contributed by atoms with van der Waals surface area (Å²) in [6.45, 7) is 0.134. The third-order valence-electron chi connectivity index (χ3n) is 5.05. The number of rotatable bonds is 5. The molecular weight excluding hydrogens is 414 g/mol. The molecule has 0 bridgehead atoms. The quantitative estimate of drug-likeness (QED) is 0.727. The zero-order chi connectivity index (χ0) is 21.2. The second-order valence-corrected chi connectivity index (χ2v) is 7.61. The lowest BCUT2D eigenvalue weighted by molar-refractivity contribution is -0.138. The van der Waals surface area contributed by atoms with Crippen LogP contribution in [-0.4, -0.2) is 58.1 Å². The summed E-state index contributed by atoms with van der Waals surface area (Å²) in [6.07, 6.45) is 0.565. The molecule has 1 atom stereocenters. The summed E-state index contributed by atoms with van der Waals surface area (Å²) < 4.78 is 32.5. The highest BCUT2D eigenvalue weighted by atomic mass is 35.5. The van der Waals surface area contributed by atoms with E-state index in [-0.39, 0.29) is 43.3 Å².